The summed E-state index contributed by atoms with van der Waals surface area (Å²) < 4.78 is 5.41. The molecule has 1 aliphatic heterocycles. The maximum atomic E-state index is 11.3. The van der Waals surface area contributed by atoms with Crippen molar-refractivity contribution in [2.45, 2.75) is 31.4 Å². The molecule has 2 rings (SSSR count). The van der Waals surface area contributed by atoms with Crippen LogP contribution in [0.2, 0.25) is 0 Å². The predicted octanol–water partition coefficient (Wildman–Crippen LogP) is 0.169. The molecule has 2 unspecified atom stereocenters. The first-order valence-electron chi connectivity index (χ1n) is 6.10. The summed E-state index contributed by atoms with van der Waals surface area (Å²) in [6.45, 7) is 3.26. The molecule has 0 bridgehead atoms. The van der Waals surface area contributed by atoms with Gasteiger partial charge in [0.1, 0.15) is 0 Å². The number of hydrogen-bond donors (Lipinski definition) is 2. The van der Waals surface area contributed by atoms with Crippen LogP contribution in [0, 0.1) is 0 Å². The van der Waals surface area contributed by atoms with Crippen LogP contribution in [0.5, 0.6) is 0 Å². The molecule has 2 atom stereocenters. The summed E-state index contributed by atoms with van der Waals surface area (Å²) in [6, 6.07) is 0.534. The minimum absolute atomic E-state index is 0.0662. The minimum atomic E-state index is 0.0662. The lowest BCUT2D eigenvalue weighted by Gasteiger charge is -2.21. The van der Waals surface area contributed by atoms with E-state index in [1.807, 2.05) is 4.90 Å². The third kappa shape index (κ3) is 2.65. The molecule has 1 aliphatic carbocycles. The van der Waals surface area contributed by atoms with Crippen LogP contribution in [0.15, 0.2) is 0 Å². The van der Waals surface area contributed by atoms with Crippen molar-refractivity contribution in [3.05, 3.63) is 0 Å². The van der Waals surface area contributed by atoms with Gasteiger partial charge < -0.3 is 20.3 Å². The van der Waals surface area contributed by atoms with E-state index in [4.69, 9.17) is 4.74 Å². The number of rotatable bonds is 5. The lowest BCUT2D eigenvalue weighted by Crippen LogP contribution is -2.42. The van der Waals surface area contributed by atoms with Gasteiger partial charge in [-0.3, -0.25) is 0 Å². The normalized spacial score (nSPS) is 29.8. The van der Waals surface area contributed by atoms with Gasteiger partial charge in [0.25, 0.3) is 0 Å². The Labute approximate surface area is 96.5 Å². The first kappa shape index (κ1) is 11.7. The predicted molar refractivity (Wildman–Crippen MR) is 61.4 cm³/mol. The molecule has 2 amide bonds. The quantitative estimate of drug-likeness (QED) is 0.704. The van der Waals surface area contributed by atoms with E-state index in [1.54, 1.807) is 7.11 Å². The van der Waals surface area contributed by atoms with Crippen molar-refractivity contribution in [1.29, 1.82) is 0 Å². The van der Waals surface area contributed by atoms with E-state index in [0.29, 0.717) is 12.1 Å². The van der Waals surface area contributed by atoms with E-state index in [1.165, 1.54) is 12.8 Å². The fourth-order valence-corrected chi connectivity index (χ4v) is 2.55. The van der Waals surface area contributed by atoms with Crippen LogP contribution in [0.25, 0.3) is 0 Å². The molecule has 1 heterocycles. The summed E-state index contributed by atoms with van der Waals surface area (Å²) in [5.41, 5.74) is 0. The Morgan fingerprint density at radius 1 is 1.56 bits per heavy atom. The maximum Gasteiger partial charge on any atom is 0.317 e. The van der Waals surface area contributed by atoms with E-state index >= 15 is 0 Å². The third-order valence-corrected chi connectivity index (χ3v) is 3.49. The van der Waals surface area contributed by atoms with Gasteiger partial charge in [-0.15, -0.1) is 0 Å². The van der Waals surface area contributed by atoms with Crippen molar-refractivity contribution in [3.63, 3.8) is 0 Å². The average molecular weight is 227 g/mol. The van der Waals surface area contributed by atoms with Crippen molar-refractivity contribution in [1.82, 2.24) is 15.5 Å². The zero-order valence-corrected chi connectivity index (χ0v) is 9.87. The SMILES string of the molecule is COC1CCCC1NCCN1CCNC1=O. The number of amides is 2. The summed E-state index contributed by atoms with van der Waals surface area (Å²) in [7, 11) is 1.78. The topological polar surface area (TPSA) is 53.6 Å². The summed E-state index contributed by atoms with van der Waals surface area (Å²) in [6.07, 6.45) is 3.93. The molecule has 1 saturated heterocycles. The van der Waals surface area contributed by atoms with Crippen LogP contribution in [0.4, 0.5) is 4.79 Å². The highest BCUT2D eigenvalue weighted by Gasteiger charge is 2.27. The molecule has 0 radical (unpaired) electrons. The highest BCUT2D eigenvalue weighted by atomic mass is 16.5. The molecule has 5 nitrogen and oxygen atoms in total. The van der Waals surface area contributed by atoms with Gasteiger partial charge in [0.05, 0.1) is 6.10 Å². The number of carbonyl (C=O) groups excluding carboxylic acids is 1. The largest absolute Gasteiger partial charge is 0.380 e. The number of nitrogens with one attached hydrogen (secondary N) is 2. The maximum absolute atomic E-state index is 11.3. The summed E-state index contributed by atoms with van der Waals surface area (Å²) >= 11 is 0. The monoisotopic (exact) mass is 227 g/mol. The van der Waals surface area contributed by atoms with E-state index in [0.717, 1.165) is 32.6 Å². The molecular formula is C11H21N3O2. The van der Waals surface area contributed by atoms with Gasteiger partial charge in [-0.2, -0.15) is 0 Å². The fraction of sp³-hybridized carbons (Fsp3) is 0.909. The summed E-state index contributed by atoms with van der Waals surface area (Å²) in [4.78, 5) is 13.1. The number of methoxy groups -OCH3 is 1. The Morgan fingerprint density at radius 3 is 3.12 bits per heavy atom. The molecular weight excluding hydrogens is 206 g/mol. The first-order chi connectivity index (χ1) is 7.81. The molecule has 0 aromatic rings. The van der Waals surface area contributed by atoms with E-state index in [9.17, 15) is 4.79 Å². The Balaban J connectivity index is 1.65. The van der Waals surface area contributed by atoms with Gasteiger partial charge in [-0.25, -0.2) is 4.79 Å². The highest BCUT2D eigenvalue weighted by molar-refractivity contribution is 5.76. The minimum Gasteiger partial charge on any atom is -0.380 e. The van der Waals surface area contributed by atoms with Crippen molar-refractivity contribution in [3.8, 4) is 0 Å². The summed E-state index contributed by atoms with van der Waals surface area (Å²) in [5, 5.41) is 6.29. The van der Waals surface area contributed by atoms with E-state index < -0.39 is 0 Å². The Hall–Kier alpha value is -0.810. The first-order valence-corrected chi connectivity index (χ1v) is 6.10. The van der Waals surface area contributed by atoms with Crippen LogP contribution < -0.4 is 10.6 Å². The van der Waals surface area contributed by atoms with Crippen LogP contribution in [-0.4, -0.2) is 56.4 Å². The average Bonchev–Trinajstić information content (AvgIpc) is 2.88. The Bertz CT molecular complexity index is 247. The number of ether oxygens (including phenoxy) is 1. The van der Waals surface area contributed by atoms with Crippen molar-refractivity contribution in [2.24, 2.45) is 0 Å². The molecule has 1 saturated carbocycles. The molecule has 92 valence electrons. The zero-order chi connectivity index (χ0) is 11.4. The molecule has 2 aliphatic rings. The van der Waals surface area contributed by atoms with Gasteiger partial charge in [0, 0.05) is 39.3 Å². The van der Waals surface area contributed by atoms with E-state index in [2.05, 4.69) is 10.6 Å². The number of urea groups is 1. The molecule has 2 fully saturated rings. The molecule has 0 aromatic carbocycles. The fourth-order valence-electron chi connectivity index (χ4n) is 2.55. The van der Waals surface area contributed by atoms with Crippen LogP contribution >= 0.6 is 0 Å². The number of nitrogens with zero attached hydrogens (tertiary/aromatic N) is 1. The Kier molecular flexibility index (Phi) is 4.01. The van der Waals surface area contributed by atoms with Crippen LogP contribution in [0.3, 0.4) is 0 Å². The molecule has 16 heavy (non-hydrogen) atoms. The second kappa shape index (κ2) is 5.50. The lowest BCUT2D eigenvalue weighted by molar-refractivity contribution is 0.0847. The van der Waals surface area contributed by atoms with Gasteiger partial charge >= 0.3 is 6.03 Å². The number of carbonyl (C=O) groups is 1. The number of hydrogen-bond acceptors (Lipinski definition) is 3. The molecule has 2 N–H and O–H groups in total. The van der Waals surface area contributed by atoms with Crippen LogP contribution in [0.1, 0.15) is 19.3 Å². The van der Waals surface area contributed by atoms with Crippen molar-refractivity contribution < 1.29 is 9.53 Å². The van der Waals surface area contributed by atoms with Crippen LogP contribution in [-0.2, 0) is 4.74 Å². The van der Waals surface area contributed by atoms with Gasteiger partial charge in [0.2, 0.25) is 0 Å². The van der Waals surface area contributed by atoms with Gasteiger partial charge in [0.15, 0.2) is 0 Å². The third-order valence-electron chi connectivity index (χ3n) is 3.49. The van der Waals surface area contributed by atoms with Crippen molar-refractivity contribution >= 4 is 6.03 Å². The molecule has 0 spiro atoms. The second-order valence-electron chi connectivity index (χ2n) is 4.48. The van der Waals surface area contributed by atoms with Gasteiger partial charge in [-0.05, 0) is 19.3 Å². The molecule has 5 heteroatoms. The van der Waals surface area contributed by atoms with Crippen molar-refractivity contribution in [2.75, 3.05) is 33.3 Å². The molecule has 0 aromatic heterocycles. The standard InChI is InChI=1S/C11H21N3O2/c1-16-10-4-2-3-9(10)12-5-7-14-8-6-13-11(14)15/h9-10,12H,2-8H2,1H3,(H,13,15). The lowest BCUT2D eigenvalue weighted by atomic mass is 10.2. The highest BCUT2D eigenvalue weighted by Crippen LogP contribution is 2.21. The van der Waals surface area contributed by atoms with E-state index in [-0.39, 0.29) is 6.03 Å². The zero-order valence-electron chi connectivity index (χ0n) is 9.87. The van der Waals surface area contributed by atoms with Gasteiger partial charge in [-0.1, -0.05) is 0 Å². The summed E-state index contributed by atoms with van der Waals surface area (Å²) in [5.74, 6) is 0. The Morgan fingerprint density at radius 2 is 2.44 bits per heavy atom. The second-order valence-corrected chi connectivity index (χ2v) is 4.48. The smallest absolute Gasteiger partial charge is 0.317 e.